The summed E-state index contributed by atoms with van der Waals surface area (Å²) in [6.07, 6.45) is 0. The number of thioether (sulfide) groups is 1. The van der Waals surface area contributed by atoms with E-state index in [0.29, 0.717) is 22.4 Å². The molecule has 1 rings (SSSR count). The van der Waals surface area contributed by atoms with Gasteiger partial charge < -0.3 is 11.1 Å². The summed E-state index contributed by atoms with van der Waals surface area (Å²) >= 11 is 1.52. The summed E-state index contributed by atoms with van der Waals surface area (Å²) in [5, 5.41) is 2.97. The molecule has 0 heterocycles. The first kappa shape index (κ1) is 12.8. The number of carbonyl (C=O) groups is 1. The molecule has 0 atom stereocenters. The molecule has 1 aromatic carbocycles. The van der Waals surface area contributed by atoms with Crippen LogP contribution in [0.15, 0.2) is 18.2 Å². The zero-order valence-electron chi connectivity index (χ0n) is 9.29. The van der Waals surface area contributed by atoms with E-state index in [1.54, 1.807) is 0 Å². The highest BCUT2D eigenvalue weighted by Gasteiger charge is 2.07. The number of amides is 1. The topological polar surface area (TPSA) is 55.1 Å². The van der Waals surface area contributed by atoms with Crippen molar-refractivity contribution in [1.82, 2.24) is 0 Å². The second-order valence-corrected chi connectivity index (χ2v) is 5.20. The van der Waals surface area contributed by atoms with Crippen molar-refractivity contribution in [2.75, 3.05) is 16.8 Å². The van der Waals surface area contributed by atoms with Crippen LogP contribution in [0, 0.1) is 5.82 Å². The van der Waals surface area contributed by atoms with E-state index in [1.807, 2.05) is 13.8 Å². The number of anilines is 2. The molecule has 0 aliphatic rings. The van der Waals surface area contributed by atoms with Gasteiger partial charge in [-0.3, -0.25) is 4.79 Å². The van der Waals surface area contributed by atoms with Crippen molar-refractivity contribution in [3.8, 4) is 0 Å². The van der Waals surface area contributed by atoms with Crippen LogP contribution in [-0.4, -0.2) is 16.9 Å². The molecular weight excluding hydrogens is 227 g/mol. The van der Waals surface area contributed by atoms with Crippen molar-refractivity contribution in [1.29, 1.82) is 0 Å². The van der Waals surface area contributed by atoms with E-state index in [9.17, 15) is 9.18 Å². The fourth-order valence-electron chi connectivity index (χ4n) is 1.07. The van der Waals surface area contributed by atoms with Crippen LogP contribution in [0.2, 0.25) is 0 Å². The first-order valence-electron chi connectivity index (χ1n) is 4.95. The molecule has 0 saturated heterocycles. The maximum Gasteiger partial charge on any atom is 0.234 e. The van der Waals surface area contributed by atoms with Gasteiger partial charge >= 0.3 is 0 Å². The molecular formula is C11H15FN2OS. The number of halogens is 1. The minimum absolute atomic E-state index is 0.170. The number of nitrogens with two attached hydrogens (primary N) is 1. The third-order valence-electron chi connectivity index (χ3n) is 1.84. The van der Waals surface area contributed by atoms with Gasteiger partial charge in [0.15, 0.2) is 0 Å². The Morgan fingerprint density at radius 2 is 2.25 bits per heavy atom. The first-order chi connectivity index (χ1) is 7.49. The van der Waals surface area contributed by atoms with E-state index < -0.39 is 5.82 Å². The molecule has 5 heteroatoms. The SMILES string of the molecule is CC(C)SCC(=O)Nc1cc(F)ccc1N. The molecule has 0 aliphatic carbocycles. The number of rotatable bonds is 4. The lowest BCUT2D eigenvalue weighted by atomic mass is 10.2. The molecule has 0 bridgehead atoms. The molecule has 0 radical (unpaired) electrons. The van der Waals surface area contributed by atoms with Gasteiger partial charge in [0.05, 0.1) is 17.1 Å². The van der Waals surface area contributed by atoms with E-state index in [4.69, 9.17) is 5.73 Å². The lowest BCUT2D eigenvalue weighted by molar-refractivity contribution is -0.113. The highest BCUT2D eigenvalue weighted by molar-refractivity contribution is 8.00. The monoisotopic (exact) mass is 242 g/mol. The molecule has 88 valence electrons. The number of hydrogen-bond acceptors (Lipinski definition) is 3. The Bertz CT molecular complexity index is 382. The van der Waals surface area contributed by atoms with Crippen molar-refractivity contribution < 1.29 is 9.18 Å². The lowest BCUT2D eigenvalue weighted by Gasteiger charge is -2.09. The van der Waals surface area contributed by atoms with E-state index in [-0.39, 0.29) is 5.91 Å². The predicted molar refractivity (Wildman–Crippen MR) is 67.0 cm³/mol. The van der Waals surface area contributed by atoms with Gasteiger partial charge in [0, 0.05) is 0 Å². The zero-order chi connectivity index (χ0) is 12.1. The summed E-state index contributed by atoms with van der Waals surface area (Å²) in [4.78, 5) is 11.5. The Hall–Kier alpha value is -1.23. The average molecular weight is 242 g/mol. The molecule has 16 heavy (non-hydrogen) atoms. The van der Waals surface area contributed by atoms with Crippen LogP contribution in [0.1, 0.15) is 13.8 Å². The Kier molecular flexibility index (Phi) is 4.61. The number of nitrogen functional groups attached to an aromatic ring is 1. The van der Waals surface area contributed by atoms with Gasteiger partial charge in [-0.05, 0) is 23.4 Å². The fourth-order valence-corrected chi connectivity index (χ4v) is 1.62. The van der Waals surface area contributed by atoms with Gasteiger partial charge in [0.1, 0.15) is 5.82 Å². The largest absolute Gasteiger partial charge is 0.397 e. The quantitative estimate of drug-likeness (QED) is 0.797. The molecule has 0 unspecified atom stereocenters. The highest BCUT2D eigenvalue weighted by Crippen LogP contribution is 2.19. The first-order valence-corrected chi connectivity index (χ1v) is 6.00. The number of hydrogen-bond donors (Lipinski definition) is 2. The molecule has 0 aromatic heterocycles. The second-order valence-electron chi connectivity index (χ2n) is 3.64. The molecule has 3 N–H and O–H groups in total. The maximum absolute atomic E-state index is 12.9. The fraction of sp³-hybridized carbons (Fsp3) is 0.364. The Balaban J connectivity index is 2.59. The Morgan fingerprint density at radius 1 is 1.56 bits per heavy atom. The van der Waals surface area contributed by atoms with Crippen molar-refractivity contribution in [2.45, 2.75) is 19.1 Å². The summed E-state index contributed by atoms with van der Waals surface area (Å²) < 4.78 is 12.9. The van der Waals surface area contributed by atoms with Gasteiger partial charge in [-0.25, -0.2) is 4.39 Å². The summed E-state index contributed by atoms with van der Waals surface area (Å²) in [7, 11) is 0. The van der Waals surface area contributed by atoms with E-state index >= 15 is 0 Å². The van der Waals surface area contributed by atoms with Crippen molar-refractivity contribution >= 4 is 29.0 Å². The van der Waals surface area contributed by atoms with Crippen LogP contribution < -0.4 is 11.1 Å². The smallest absolute Gasteiger partial charge is 0.234 e. The van der Waals surface area contributed by atoms with Crippen molar-refractivity contribution in [2.24, 2.45) is 0 Å². The summed E-state index contributed by atoms with van der Waals surface area (Å²) in [6.45, 7) is 4.02. The van der Waals surface area contributed by atoms with Crippen LogP contribution in [0.25, 0.3) is 0 Å². The lowest BCUT2D eigenvalue weighted by Crippen LogP contribution is -2.16. The average Bonchev–Trinajstić information content (AvgIpc) is 2.20. The zero-order valence-corrected chi connectivity index (χ0v) is 10.1. The van der Waals surface area contributed by atoms with Gasteiger partial charge in [0.25, 0.3) is 0 Å². The van der Waals surface area contributed by atoms with Gasteiger partial charge in [-0.1, -0.05) is 13.8 Å². The molecule has 1 aromatic rings. The van der Waals surface area contributed by atoms with E-state index in [1.165, 1.54) is 30.0 Å². The predicted octanol–water partition coefficient (Wildman–Crippen LogP) is 2.49. The van der Waals surface area contributed by atoms with Crippen molar-refractivity contribution in [3.63, 3.8) is 0 Å². The second kappa shape index (κ2) is 5.75. The molecule has 3 nitrogen and oxygen atoms in total. The van der Waals surface area contributed by atoms with Gasteiger partial charge in [-0.2, -0.15) is 0 Å². The molecule has 1 amide bonds. The van der Waals surface area contributed by atoms with E-state index in [0.717, 1.165) is 0 Å². The molecule has 0 saturated carbocycles. The standard InChI is InChI=1S/C11H15FN2OS/c1-7(2)16-6-11(15)14-10-5-8(12)3-4-9(10)13/h3-5,7H,6,13H2,1-2H3,(H,14,15). The molecule has 0 spiro atoms. The van der Waals surface area contributed by atoms with Crippen molar-refractivity contribution in [3.05, 3.63) is 24.0 Å². The minimum atomic E-state index is -0.416. The molecule has 0 aliphatic heterocycles. The van der Waals surface area contributed by atoms with Gasteiger partial charge in [-0.15, -0.1) is 11.8 Å². The van der Waals surface area contributed by atoms with Crippen LogP contribution in [0.3, 0.4) is 0 Å². The van der Waals surface area contributed by atoms with Crippen LogP contribution in [0.4, 0.5) is 15.8 Å². The van der Waals surface area contributed by atoms with E-state index in [2.05, 4.69) is 5.32 Å². The molecule has 0 fully saturated rings. The highest BCUT2D eigenvalue weighted by atomic mass is 32.2. The van der Waals surface area contributed by atoms with Crippen LogP contribution in [-0.2, 0) is 4.79 Å². The Morgan fingerprint density at radius 3 is 2.88 bits per heavy atom. The van der Waals surface area contributed by atoms with Gasteiger partial charge in [0.2, 0.25) is 5.91 Å². The maximum atomic E-state index is 12.9. The minimum Gasteiger partial charge on any atom is -0.397 e. The summed E-state index contributed by atoms with van der Waals surface area (Å²) in [5.74, 6) is -0.245. The number of benzene rings is 1. The Labute approximate surface area is 98.6 Å². The van der Waals surface area contributed by atoms with Crippen LogP contribution >= 0.6 is 11.8 Å². The third kappa shape index (κ3) is 4.10. The number of carbonyl (C=O) groups excluding carboxylic acids is 1. The van der Waals surface area contributed by atoms with Crippen LogP contribution in [0.5, 0.6) is 0 Å². The normalized spacial score (nSPS) is 10.5. The number of nitrogens with one attached hydrogen (secondary N) is 1. The summed E-state index contributed by atoms with van der Waals surface area (Å²) in [5.41, 5.74) is 6.30. The third-order valence-corrected chi connectivity index (χ3v) is 2.93. The summed E-state index contributed by atoms with van der Waals surface area (Å²) in [6, 6.07) is 3.90.